The molecule has 1 fully saturated rings. The Hall–Kier alpha value is -2.11. The molecule has 2 aliphatic heterocycles. The minimum absolute atomic E-state index is 0.0997. The molecule has 3 atom stereocenters. The van der Waals surface area contributed by atoms with Crippen LogP contribution in [-0.2, 0) is 4.74 Å². The summed E-state index contributed by atoms with van der Waals surface area (Å²) in [4.78, 5) is 15.2. The summed E-state index contributed by atoms with van der Waals surface area (Å²) < 4.78 is 6.50. The third kappa shape index (κ3) is 3.07. The van der Waals surface area contributed by atoms with Crippen LogP contribution in [0.15, 0.2) is 59.1 Å². The lowest BCUT2D eigenvalue weighted by atomic mass is 9.76. The number of amides is 1. The third-order valence-corrected chi connectivity index (χ3v) is 6.68. The Morgan fingerprint density at radius 1 is 1.11 bits per heavy atom. The minimum Gasteiger partial charge on any atom is -0.378 e. The van der Waals surface area contributed by atoms with Gasteiger partial charge in [-0.1, -0.05) is 52.3 Å². The standard InChI is InChI=1S/C23H23BrN2O2/c24-16-9-7-15(8-10-16)21-18-4-1-3-17(18)19-5-2-6-20(22(19)25-21)23(27)26-11-13-28-14-12-26/h1-3,5-10,17-18,21,25H,4,11-14H2/t17-,18-,21+/m1/s1. The second-order valence-corrected chi connectivity index (χ2v) is 8.62. The zero-order valence-electron chi connectivity index (χ0n) is 15.6. The molecule has 5 rings (SSSR count). The van der Waals surface area contributed by atoms with Crippen molar-refractivity contribution in [3.63, 3.8) is 0 Å². The molecule has 2 heterocycles. The monoisotopic (exact) mass is 438 g/mol. The number of carbonyl (C=O) groups is 1. The van der Waals surface area contributed by atoms with Gasteiger partial charge in [-0.2, -0.15) is 0 Å². The molecule has 0 spiro atoms. The highest BCUT2D eigenvalue weighted by Crippen LogP contribution is 2.50. The van der Waals surface area contributed by atoms with Crippen molar-refractivity contribution in [3.8, 4) is 0 Å². The summed E-state index contributed by atoms with van der Waals surface area (Å²) in [5.41, 5.74) is 4.28. The van der Waals surface area contributed by atoms with Crippen molar-refractivity contribution in [2.24, 2.45) is 5.92 Å². The molecule has 2 aromatic rings. The Kier molecular flexibility index (Phi) is 4.73. The second kappa shape index (κ2) is 7.37. The molecule has 5 heteroatoms. The molecular weight excluding hydrogens is 416 g/mol. The van der Waals surface area contributed by atoms with Gasteiger partial charge in [-0.25, -0.2) is 0 Å². The first-order chi connectivity index (χ1) is 13.7. The Bertz CT molecular complexity index is 919. The number of para-hydroxylation sites is 1. The van der Waals surface area contributed by atoms with E-state index in [0.29, 0.717) is 38.1 Å². The maximum absolute atomic E-state index is 13.3. The predicted octanol–water partition coefficient (Wildman–Crippen LogP) is 4.75. The van der Waals surface area contributed by atoms with Gasteiger partial charge in [0.25, 0.3) is 5.91 Å². The number of nitrogens with zero attached hydrogens (tertiary/aromatic N) is 1. The highest BCUT2D eigenvalue weighted by Gasteiger charge is 2.39. The lowest BCUT2D eigenvalue weighted by molar-refractivity contribution is 0.0303. The first-order valence-electron chi connectivity index (χ1n) is 9.91. The molecule has 0 bridgehead atoms. The number of nitrogens with one attached hydrogen (secondary N) is 1. The van der Waals surface area contributed by atoms with Crippen LogP contribution in [0.2, 0.25) is 0 Å². The maximum atomic E-state index is 13.3. The van der Waals surface area contributed by atoms with Gasteiger partial charge < -0.3 is 15.0 Å². The van der Waals surface area contributed by atoms with Crippen LogP contribution >= 0.6 is 15.9 Å². The number of morpholine rings is 1. The van der Waals surface area contributed by atoms with Gasteiger partial charge in [-0.15, -0.1) is 0 Å². The second-order valence-electron chi connectivity index (χ2n) is 7.70. The molecule has 2 aromatic carbocycles. The molecule has 0 saturated carbocycles. The highest BCUT2D eigenvalue weighted by atomic mass is 79.9. The lowest BCUT2D eigenvalue weighted by Crippen LogP contribution is -2.41. The molecule has 1 N–H and O–H groups in total. The molecule has 4 nitrogen and oxygen atoms in total. The number of benzene rings is 2. The number of anilines is 1. The molecule has 1 amide bonds. The number of carbonyl (C=O) groups excluding carboxylic acids is 1. The van der Waals surface area contributed by atoms with Gasteiger partial charge in [-0.05, 0) is 41.7 Å². The van der Waals surface area contributed by atoms with Crippen LogP contribution < -0.4 is 5.32 Å². The van der Waals surface area contributed by atoms with Crippen LogP contribution in [0.4, 0.5) is 5.69 Å². The fraction of sp³-hybridized carbons (Fsp3) is 0.348. The molecule has 1 saturated heterocycles. The predicted molar refractivity (Wildman–Crippen MR) is 114 cm³/mol. The number of hydrogen-bond acceptors (Lipinski definition) is 3. The van der Waals surface area contributed by atoms with Gasteiger partial charge in [0.15, 0.2) is 0 Å². The van der Waals surface area contributed by atoms with E-state index in [1.54, 1.807) is 0 Å². The van der Waals surface area contributed by atoms with Crippen LogP contribution in [0.25, 0.3) is 0 Å². The molecule has 0 unspecified atom stereocenters. The first kappa shape index (κ1) is 18.0. The summed E-state index contributed by atoms with van der Waals surface area (Å²) in [6.07, 6.45) is 5.66. The van der Waals surface area contributed by atoms with Gasteiger partial charge in [0.1, 0.15) is 0 Å². The van der Waals surface area contributed by atoms with Gasteiger partial charge in [0, 0.05) is 23.5 Å². The van der Waals surface area contributed by atoms with Crippen LogP contribution in [-0.4, -0.2) is 37.1 Å². The van der Waals surface area contributed by atoms with E-state index >= 15 is 0 Å². The molecule has 3 aliphatic rings. The zero-order valence-corrected chi connectivity index (χ0v) is 17.2. The Morgan fingerprint density at radius 2 is 1.89 bits per heavy atom. The molecule has 144 valence electrons. The van der Waals surface area contributed by atoms with E-state index in [2.05, 4.69) is 63.7 Å². The fourth-order valence-corrected chi connectivity index (χ4v) is 5.00. The SMILES string of the molecule is O=C(c1cccc2c1N[C@@H](c1ccc(Br)cc1)[C@@H]1CC=C[C@@H]21)N1CCOCC1. The van der Waals surface area contributed by atoms with Crippen molar-refractivity contribution in [3.05, 3.63) is 75.8 Å². The maximum Gasteiger partial charge on any atom is 0.256 e. The van der Waals surface area contributed by atoms with Crippen molar-refractivity contribution in [1.29, 1.82) is 0 Å². The van der Waals surface area contributed by atoms with Crippen molar-refractivity contribution < 1.29 is 9.53 Å². The Morgan fingerprint density at radius 3 is 2.68 bits per heavy atom. The average molecular weight is 439 g/mol. The third-order valence-electron chi connectivity index (χ3n) is 6.15. The summed E-state index contributed by atoms with van der Waals surface area (Å²) in [5, 5.41) is 3.76. The number of allylic oxidation sites excluding steroid dienone is 2. The van der Waals surface area contributed by atoms with E-state index in [1.807, 2.05) is 17.0 Å². The molecule has 1 aliphatic carbocycles. The normalized spacial score (nSPS) is 25.8. The van der Waals surface area contributed by atoms with E-state index in [0.717, 1.165) is 22.1 Å². The molecule has 28 heavy (non-hydrogen) atoms. The zero-order chi connectivity index (χ0) is 19.1. The number of ether oxygens (including phenoxy) is 1. The number of halogens is 1. The number of rotatable bonds is 2. The van der Waals surface area contributed by atoms with Crippen LogP contribution in [0.5, 0.6) is 0 Å². The van der Waals surface area contributed by atoms with E-state index in [4.69, 9.17) is 4.74 Å². The lowest BCUT2D eigenvalue weighted by Gasteiger charge is -2.39. The molecule has 0 aromatic heterocycles. The first-order valence-corrected chi connectivity index (χ1v) is 10.7. The summed E-state index contributed by atoms with van der Waals surface area (Å²) in [5.74, 6) is 0.924. The summed E-state index contributed by atoms with van der Waals surface area (Å²) in [6.45, 7) is 2.54. The Labute approximate surface area is 173 Å². The smallest absolute Gasteiger partial charge is 0.256 e. The summed E-state index contributed by atoms with van der Waals surface area (Å²) >= 11 is 3.53. The largest absolute Gasteiger partial charge is 0.378 e. The summed E-state index contributed by atoms with van der Waals surface area (Å²) in [7, 11) is 0. The van der Waals surface area contributed by atoms with Gasteiger partial charge in [-0.3, -0.25) is 4.79 Å². The topological polar surface area (TPSA) is 41.6 Å². The summed E-state index contributed by atoms with van der Waals surface area (Å²) in [6, 6.07) is 14.9. The molecule has 0 radical (unpaired) electrons. The van der Waals surface area contributed by atoms with Crippen LogP contribution in [0.1, 0.15) is 39.9 Å². The fourth-order valence-electron chi connectivity index (χ4n) is 4.74. The van der Waals surface area contributed by atoms with Crippen molar-refractivity contribution in [1.82, 2.24) is 4.90 Å². The van der Waals surface area contributed by atoms with E-state index in [-0.39, 0.29) is 11.9 Å². The average Bonchev–Trinajstić information content (AvgIpc) is 3.24. The van der Waals surface area contributed by atoms with Crippen LogP contribution in [0.3, 0.4) is 0 Å². The number of hydrogen-bond donors (Lipinski definition) is 1. The van der Waals surface area contributed by atoms with Gasteiger partial charge in [0.05, 0.1) is 30.5 Å². The van der Waals surface area contributed by atoms with Crippen molar-refractivity contribution >= 4 is 27.5 Å². The molecular formula is C23H23BrN2O2. The van der Waals surface area contributed by atoms with Crippen molar-refractivity contribution in [2.75, 3.05) is 31.6 Å². The Balaban J connectivity index is 1.55. The number of fused-ring (bicyclic) bond motifs is 3. The van der Waals surface area contributed by atoms with Gasteiger partial charge in [0.2, 0.25) is 0 Å². The highest BCUT2D eigenvalue weighted by molar-refractivity contribution is 9.10. The van der Waals surface area contributed by atoms with Gasteiger partial charge >= 0.3 is 0 Å². The minimum atomic E-state index is 0.0997. The van der Waals surface area contributed by atoms with E-state index in [9.17, 15) is 4.79 Å². The van der Waals surface area contributed by atoms with Crippen molar-refractivity contribution in [2.45, 2.75) is 18.4 Å². The van der Waals surface area contributed by atoms with Crippen LogP contribution in [0, 0.1) is 5.92 Å². The van der Waals surface area contributed by atoms with E-state index < -0.39 is 0 Å². The quantitative estimate of drug-likeness (QED) is 0.687. The van der Waals surface area contributed by atoms with E-state index in [1.165, 1.54) is 11.1 Å².